The number of hydrogen-bond donors (Lipinski definition) is 0. The van der Waals surface area contributed by atoms with E-state index in [0.29, 0.717) is 6.42 Å². The molecule has 1 fully saturated rings. The molecular formula is C17H21NO3. The van der Waals surface area contributed by atoms with Gasteiger partial charge in [0.25, 0.3) is 5.91 Å². The van der Waals surface area contributed by atoms with Crippen LogP contribution in [0.4, 0.5) is 4.79 Å². The quantitative estimate of drug-likeness (QED) is 0.802. The molecular weight excluding hydrogens is 266 g/mol. The molecule has 0 aliphatic carbocycles. The lowest BCUT2D eigenvalue weighted by Gasteiger charge is -2.19. The summed E-state index contributed by atoms with van der Waals surface area (Å²) < 4.78 is 5.04. The number of carbonyl (C=O) groups is 2. The smallest absolute Gasteiger partial charge is 0.417 e. The Bertz CT molecular complexity index is 543. The first kappa shape index (κ1) is 15.3. The van der Waals surface area contributed by atoms with Crippen LogP contribution >= 0.6 is 0 Å². The number of carbonyl (C=O) groups excluding carboxylic acids is 2. The molecule has 2 rings (SSSR count). The fourth-order valence-corrected chi connectivity index (χ4v) is 2.17. The van der Waals surface area contributed by atoms with Crippen LogP contribution in [0, 0.1) is 5.41 Å². The number of hydrogen-bond acceptors (Lipinski definition) is 3. The summed E-state index contributed by atoms with van der Waals surface area (Å²) in [6.07, 6.45) is 3.33. The van der Waals surface area contributed by atoms with Crippen LogP contribution in [0.15, 0.2) is 42.5 Å². The topological polar surface area (TPSA) is 46.6 Å². The second-order valence-corrected chi connectivity index (χ2v) is 6.33. The molecule has 0 aromatic heterocycles. The first-order valence-electron chi connectivity index (χ1n) is 7.10. The van der Waals surface area contributed by atoms with Gasteiger partial charge < -0.3 is 4.74 Å². The van der Waals surface area contributed by atoms with Crippen molar-refractivity contribution in [2.45, 2.75) is 33.2 Å². The standard InChI is InChI=1S/C17H21NO3/c1-17(2,3)10-9-15(19)18-14(12-21-16(18)20)11-13-7-5-4-6-8-13/h4-10,14H,11-12H2,1-3H3. The van der Waals surface area contributed by atoms with Crippen LogP contribution in [-0.4, -0.2) is 29.5 Å². The molecule has 0 spiro atoms. The molecule has 4 nitrogen and oxygen atoms in total. The minimum Gasteiger partial charge on any atom is -0.447 e. The van der Waals surface area contributed by atoms with Crippen LogP contribution in [-0.2, 0) is 16.0 Å². The second-order valence-electron chi connectivity index (χ2n) is 6.33. The van der Waals surface area contributed by atoms with Crippen molar-refractivity contribution >= 4 is 12.0 Å². The summed E-state index contributed by atoms with van der Waals surface area (Å²) in [4.78, 5) is 25.2. The third-order valence-corrected chi connectivity index (χ3v) is 3.24. The number of allylic oxidation sites excluding steroid dienone is 1. The fourth-order valence-electron chi connectivity index (χ4n) is 2.17. The number of cyclic esters (lactones) is 1. The summed E-state index contributed by atoms with van der Waals surface area (Å²) in [5, 5.41) is 0. The largest absolute Gasteiger partial charge is 0.447 e. The van der Waals surface area contributed by atoms with Gasteiger partial charge in [-0.2, -0.15) is 0 Å². The zero-order valence-electron chi connectivity index (χ0n) is 12.7. The molecule has 1 saturated heterocycles. The van der Waals surface area contributed by atoms with Gasteiger partial charge in [-0.1, -0.05) is 57.2 Å². The lowest BCUT2D eigenvalue weighted by atomic mass is 9.96. The summed E-state index contributed by atoms with van der Waals surface area (Å²) in [6.45, 7) is 6.25. The fraction of sp³-hybridized carbons (Fsp3) is 0.412. The van der Waals surface area contributed by atoms with Crippen molar-refractivity contribution < 1.29 is 14.3 Å². The summed E-state index contributed by atoms with van der Waals surface area (Å²) in [5.74, 6) is -0.312. The Morgan fingerprint density at radius 1 is 1.33 bits per heavy atom. The highest BCUT2D eigenvalue weighted by Crippen LogP contribution is 2.19. The lowest BCUT2D eigenvalue weighted by molar-refractivity contribution is -0.124. The lowest BCUT2D eigenvalue weighted by Crippen LogP contribution is -2.39. The maximum Gasteiger partial charge on any atom is 0.417 e. The van der Waals surface area contributed by atoms with E-state index in [2.05, 4.69) is 0 Å². The van der Waals surface area contributed by atoms with Crippen molar-refractivity contribution in [2.75, 3.05) is 6.61 Å². The monoisotopic (exact) mass is 287 g/mol. The Labute approximate surface area is 125 Å². The van der Waals surface area contributed by atoms with Gasteiger partial charge in [0.2, 0.25) is 0 Å². The summed E-state index contributed by atoms with van der Waals surface area (Å²) >= 11 is 0. The van der Waals surface area contributed by atoms with E-state index in [1.165, 1.54) is 11.0 Å². The Morgan fingerprint density at radius 3 is 2.62 bits per heavy atom. The van der Waals surface area contributed by atoms with E-state index in [-0.39, 0.29) is 24.0 Å². The van der Waals surface area contributed by atoms with Gasteiger partial charge in [-0.05, 0) is 17.4 Å². The molecule has 2 amide bonds. The molecule has 1 aromatic carbocycles. The maximum absolute atomic E-state index is 12.2. The number of amides is 2. The van der Waals surface area contributed by atoms with Crippen LogP contribution in [0.3, 0.4) is 0 Å². The number of nitrogens with zero attached hydrogens (tertiary/aromatic N) is 1. The number of imide groups is 1. The van der Waals surface area contributed by atoms with Crippen LogP contribution in [0.25, 0.3) is 0 Å². The van der Waals surface area contributed by atoms with Gasteiger partial charge >= 0.3 is 6.09 Å². The number of rotatable bonds is 3. The molecule has 21 heavy (non-hydrogen) atoms. The van der Waals surface area contributed by atoms with E-state index in [1.54, 1.807) is 6.08 Å². The van der Waals surface area contributed by atoms with Crippen molar-refractivity contribution in [1.82, 2.24) is 4.90 Å². The van der Waals surface area contributed by atoms with Crippen molar-refractivity contribution in [1.29, 1.82) is 0 Å². The summed E-state index contributed by atoms with van der Waals surface area (Å²) in [7, 11) is 0. The van der Waals surface area contributed by atoms with Crippen LogP contribution < -0.4 is 0 Å². The average Bonchev–Trinajstić information content (AvgIpc) is 2.77. The van der Waals surface area contributed by atoms with Crippen molar-refractivity contribution in [3.05, 3.63) is 48.0 Å². The van der Waals surface area contributed by atoms with E-state index in [4.69, 9.17) is 4.74 Å². The highest BCUT2D eigenvalue weighted by Gasteiger charge is 2.36. The molecule has 1 unspecified atom stereocenters. The Hall–Kier alpha value is -2.10. The minimum atomic E-state index is -0.556. The maximum atomic E-state index is 12.2. The third kappa shape index (κ3) is 4.18. The molecule has 112 valence electrons. The summed E-state index contributed by atoms with van der Waals surface area (Å²) in [5.41, 5.74) is 0.979. The van der Waals surface area contributed by atoms with Gasteiger partial charge in [0.1, 0.15) is 6.61 Å². The van der Waals surface area contributed by atoms with Gasteiger partial charge in [0.05, 0.1) is 6.04 Å². The van der Waals surface area contributed by atoms with Crippen molar-refractivity contribution in [2.24, 2.45) is 5.41 Å². The normalized spacial score (nSPS) is 19.1. The molecule has 1 heterocycles. The van der Waals surface area contributed by atoms with Gasteiger partial charge in [0, 0.05) is 6.08 Å². The molecule has 1 aromatic rings. The number of ether oxygens (including phenoxy) is 1. The van der Waals surface area contributed by atoms with E-state index < -0.39 is 6.09 Å². The average molecular weight is 287 g/mol. The first-order valence-corrected chi connectivity index (χ1v) is 7.10. The number of benzene rings is 1. The van der Waals surface area contributed by atoms with E-state index in [9.17, 15) is 9.59 Å². The Kier molecular flexibility index (Phi) is 4.46. The van der Waals surface area contributed by atoms with Gasteiger partial charge in [-0.3, -0.25) is 4.79 Å². The van der Waals surface area contributed by atoms with Crippen molar-refractivity contribution in [3.63, 3.8) is 0 Å². The summed E-state index contributed by atoms with van der Waals surface area (Å²) in [6, 6.07) is 9.55. The molecule has 0 radical (unpaired) electrons. The molecule has 1 aliphatic rings. The Balaban J connectivity index is 2.10. The van der Waals surface area contributed by atoms with Gasteiger partial charge in [-0.25, -0.2) is 9.69 Å². The molecule has 0 saturated carbocycles. The van der Waals surface area contributed by atoms with Crippen LogP contribution in [0.1, 0.15) is 26.3 Å². The predicted octanol–water partition coefficient (Wildman–Crippen LogP) is 3.18. The molecule has 0 bridgehead atoms. The zero-order chi connectivity index (χ0) is 15.5. The molecule has 4 heteroatoms. The van der Waals surface area contributed by atoms with E-state index in [0.717, 1.165) is 5.56 Å². The van der Waals surface area contributed by atoms with Crippen LogP contribution in [0.5, 0.6) is 0 Å². The van der Waals surface area contributed by atoms with E-state index in [1.807, 2.05) is 51.1 Å². The van der Waals surface area contributed by atoms with Crippen LogP contribution in [0.2, 0.25) is 0 Å². The molecule has 1 aliphatic heterocycles. The molecule has 1 atom stereocenters. The minimum absolute atomic E-state index is 0.103. The van der Waals surface area contributed by atoms with Gasteiger partial charge in [0.15, 0.2) is 0 Å². The van der Waals surface area contributed by atoms with Gasteiger partial charge in [-0.15, -0.1) is 0 Å². The third-order valence-electron chi connectivity index (χ3n) is 3.24. The highest BCUT2D eigenvalue weighted by molar-refractivity contribution is 5.99. The second kappa shape index (κ2) is 6.12. The predicted molar refractivity (Wildman–Crippen MR) is 80.7 cm³/mol. The highest BCUT2D eigenvalue weighted by atomic mass is 16.6. The SMILES string of the molecule is CC(C)(C)C=CC(=O)N1C(=O)OCC1Cc1ccccc1. The molecule has 0 N–H and O–H groups in total. The van der Waals surface area contributed by atoms with Crippen molar-refractivity contribution in [3.8, 4) is 0 Å². The zero-order valence-corrected chi connectivity index (χ0v) is 12.7. The van der Waals surface area contributed by atoms with E-state index >= 15 is 0 Å². The first-order chi connectivity index (χ1) is 9.87. The Morgan fingerprint density at radius 2 is 2.00 bits per heavy atom.